The maximum absolute atomic E-state index is 10.7. The SMILES string of the molecule is CN=C(NCC1(O)CCCCC1)N1CCN(Cc2cc(C)on2)CC1. The van der Waals surface area contributed by atoms with E-state index >= 15 is 0 Å². The second kappa shape index (κ2) is 8.19. The highest BCUT2D eigenvalue weighted by Gasteiger charge is 2.30. The van der Waals surface area contributed by atoms with Gasteiger partial charge in [-0.2, -0.15) is 0 Å². The summed E-state index contributed by atoms with van der Waals surface area (Å²) in [5.74, 6) is 1.76. The highest BCUT2D eigenvalue weighted by molar-refractivity contribution is 5.80. The van der Waals surface area contributed by atoms with Crippen LogP contribution in [0, 0.1) is 6.92 Å². The van der Waals surface area contributed by atoms with Gasteiger partial charge in [-0.1, -0.05) is 24.4 Å². The average Bonchev–Trinajstić information content (AvgIpc) is 3.02. The predicted molar refractivity (Wildman–Crippen MR) is 97.5 cm³/mol. The molecule has 1 saturated heterocycles. The van der Waals surface area contributed by atoms with Crippen molar-refractivity contribution in [3.05, 3.63) is 17.5 Å². The van der Waals surface area contributed by atoms with Crippen molar-refractivity contribution in [2.24, 2.45) is 4.99 Å². The zero-order valence-electron chi connectivity index (χ0n) is 15.5. The Balaban J connectivity index is 1.45. The van der Waals surface area contributed by atoms with Gasteiger partial charge in [-0.05, 0) is 19.8 Å². The van der Waals surface area contributed by atoms with Crippen molar-refractivity contribution in [2.45, 2.75) is 51.2 Å². The van der Waals surface area contributed by atoms with Crippen LogP contribution in [0.25, 0.3) is 0 Å². The van der Waals surface area contributed by atoms with Gasteiger partial charge in [0.25, 0.3) is 0 Å². The third-order valence-corrected chi connectivity index (χ3v) is 5.31. The maximum Gasteiger partial charge on any atom is 0.193 e. The minimum atomic E-state index is -0.569. The number of aryl methyl sites for hydroxylation is 1. The topological polar surface area (TPSA) is 77.1 Å². The maximum atomic E-state index is 10.7. The average molecular weight is 349 g/mol. The molecule has 1 aromatic rings. The van der Waals surface area contributed by atoms with Crippen molar-refractivity contribution in [3.63, 3.8) is 0 Å². The van der Waals surface area contributed by atoms with E-state index in [1.165, 1.54) is 6.42 Å². The third kappa shape index (κ3) is 4.95. The molecule has 3 rings (SSSR count). The number of nitrogens with one attached hydrogen (secondary N) is 1. The molecular weight excluding hydrogens is 318 g/mol. The molecule has 0 radical (unpaired) electrons. The summed E-state index contributed by atoms with van der Waals surface area (Å²) >= 11 is 0. The van der Waals surface area contributed by atoms with Crippen molar-refractivity contribution in [1.82, 2.24) is 20.3 Å². The van der Waals surface area contributed by atoms with Crippen LogP contribution in [-0.4, -0.2) is 71.4 Å². The second-order valence-corrected chi connectivity index (χ2v) is 7.38. The van der Waals surface area contributed by atoms with Gasteiger partial charge in [0.15, 0.2) is 5.96 Å². The van der Waals surface area contributed by atoms with E-state index in [4.69, 9.17) is 4.52 Å². The number of hydrogen-bond donors (Lipinski definition) is 2. The highest BCUT2D eigenvalue weighted by atomic mass is 16.5. The molecule has 2 aliphatic rings. The van der Waals surface area contributed by atoms with Gasteiger partial charge in [0.1, 0.15) is 5.76 Å². The van der Waals surface area contributed by atoms with Gasteiger partial charge >= 0.3 is 0 Å². The molecule has 2 heterocycles. The van der Waals surface area contributed by atoms with E-state index < -0.39 is 5.60 Å². The number of piperazine rings is 1. The summed E-state index contributed by atoms with van der Waals surface area (Å²) in [6, 6.07) is 2.00. The highest BCUT2D eigenvalue weighted by Crippen LogP contribution is 2.27. The molecule has 0 bridgehead atoms. The molecule has 7 heteroatoms. The molecule has 7 nitrogen and oxygen atoms in total. The van der Waals surface area contributed by atoms with Crippen LogP contribution in [0.1, 0.15) is 43.6 Å². The van der Waals surface area contributed by atoms with E-state index in [1.807, 2.05) is 20.0 Å². The van der Waals surface area contributed by atoms with Crippen LogP contribution >= 0.6 is 0 Å². The first-order valence-electron chi connectivity index (χ1n) is 9.40. The van der Waals surface area contributed by atoms with Crippen LogP contribution in [0.4, 0.5) is 0 Å². The molecule has 1 aromatic heterocycles. The Morgan fingerprint density at radius 1 is 1.28 bits per heavy atom. The first kappa shape index (κ1) is 18.2. The van der Waals surface area contributed by atoms with Crippen LogP contribution in [0.3, 0.4) is 0 Å². The van der Waals surface area contributed by atoms with E-state index in [1.54, 1.807) is 0 Å². The molecule has 25 heavy (non-hydrogen) atoms. The third-order valence-electron chi connectivity index (χ3n) is 5.31. The quantitative estimate of drug-likeness (QED) is 0.632. The summed E-state index contributed by atoms with van der Waals surface area (Å²) in [4.78, 5) is 9.07. The fourth-order valence-corrected chi connectivity index (χ4v) is 3.80. The zero-order chi connectivity index (χ0) is 17.7. The van der Waals surface area contributed by atoms with Crippen molar-refractivity contribution >= 4 is 5.96 Å². The minimum Gasteiger partial charge on any atom is -0.388 e. The van der Waals surface area contributed by atoms with E-state index in [2.05, 4.69) is 25.3 Å². The minimum absolute atomic E-state index is 0.569. The van der Waals surface area contributed by atoms with Crippen molar-refractivity contribution in [3.8, 4) is 0 Å². The van der Waals surface area contributed by atoms with Gasteiger partial charge < -0.3 is 19.8 Å². The number of rotatable bonds is 4. The molecule has 2 N–H and O–H groups in total. The molecule has 0 aromatic carbocycles. The Labute approximate surface area is 150 Å². The molecule has 0 amide bonds. The normalized spacial score (nSPS) is 22.2. The van der Waals surface area contributed by atoms with Gasteiger partial charge in [0.2, 0.25) is 0 Å². The fourth-order valence-electron chi connectivity index (χ4n) is 3.80. The molecule has 2 fully saturated rings. The molecule has 0 spiro atoms. The Hall–Kier alpha value is -1.60. The van der Waals surface area contributed by atoms with Crippen LogP contribution < -0.4 is 5.32 Å². The number of nitrogens with zero attached hydrogens (tertiary/aromatic N) is 4. The summed E-state index contributed by atoms with van der Waals surface area (Å²) in [5, 5.41) is 18.1. The van der Waals surface area contributed by atoms with Gasteiger partial charge in [0, 0.05) is 52.4 Å². The Kier molecular flexibility index (Phi) is 5.96. The lowest BCUT2D eigenvalue weighted by Gasteiger charge is -2.38. The molecule has 1 aliphatic heterocycles. The smallest absolute Gasteiger partial charge is 0.193 e. The van der Waals surface area contributed by atoms with Crippen molar-refractivity contribution < 1.29 is 9.63 Å². The van der Waals surface area contributed by atoms with E-state index in [0.29, 0.717) is 6.54 Å². The second-order valence-electron chi connectivity index (χ2n) is 7.38. The molecular formula is C18H31N5O2. The Morgan fingerprint density at radius 3 is 2.60 bits per heavy atom. The van der Waals surface area contributed by atoms with E-state index in [9.17, 15) is 5.11 Å². The van der Waals surface area contributed by atoms with Gasteiger partial charge in [-0.25, -0.2) is 0 Å². The standard InChI is InChI=1S/C18H31N5O2/c1-15-12-16(21-25-15)13-22-8-10-23(11-9-22)17(19-2)20-14-18(24)6-4-3-5-7-18/h12,24H,3-11,13-14H2,1-2H3,(H,19,20). The van der Waals surface area contributed by atoms with Gasteiger partial charge in [0.05, 0.1) is 11.3 Å². The number of guanidine groups is 1. The van der Waals surface area contributed by atoms with E-state index in [-0.39, 0.29) is 0 Å². The number of aliphatic imine (C=N–C) groups is 1. The lowest BCUT2D eigenvalue weighted by atomic mass is 9.85. The molecule has 0 atom stereocenters. The number of aromatic nitrogens is 1. The summed E-state index contributed by atoms with van der Waals surface area (Å²) in [5.41, 5.74) is 0.425. The first-order chi connectivity index (χ1) is 12.1. The predicted octanol–water partition coefficient (Wildman–Crippen LogP) is 1.37. The molecule has 1 saturated carbocycles. The zero-order valence-corrected chi connectivity index (χ0v) is 15.5. The van der Waals surface area contributed by atoms with Crippen LogP contribution in [0.15, 0.2) is 15.6 Å². The molecule has 140 valence electrons. The summed E-state index contributed by atoms with van der Waals surface area (Å²) in [6.45, 7) is 7.14. The first-order valence-corrected chi connectivity index (χ1v) is 9.40. The largest absolute Gasteiger partial charge is 0.388 e. The monoisotopic (exact) mass is 349 g/mol. The number of aliphatic hydroxyl groups is 1. The van der Waals surface area contributed by atoms with Gasteiger partial charge in [-0.15, -0.1) is 0 Å². The lowest BCUT2D eigenvalue weighted by molar-refractivity contribution is 0.00790. The van der Waals surface area contributed by atoms with Crippen LogP contribution in [0.2, 0.25) is 0 Å². The summed E-state index contributed by atoms with van der Waals surface area (Å²) < 4.78 is 5.14. The summed E-state index contributed by atoms with van der Waals surface area (Å²) in [7, 11) is 1.82. The lowest BCUT2D eigenvalue weighted by Crippen LogP contribution is -2.54. The van der Waals surface area contributed by atoms with Gasteiger partial charge in [-0.3, -0.25) is 9.89 Å². The number of hydrogen-bond acceptors (Lipinski definition) is 5. The van der Waals surface area contributed by atoms with E-state index in [0.717, 1.165) is 75.8 Å². The van der Waals surface area contributed by atoms with Crippen molar-refractivity contribution in [1.29, 1.82) is 0 Å². The fraction of sp³-hybridized carbons (Fsp3) is 0.778. The molecule has 0 unspecified atom stereocenters. The Bertz CT molecular complexity index is 572. The van der Waals surface area contributed by atoms with Crippen LogP contribution in [-0.2, 0) is 6.54 Å². The summed E-state index contributed by atoms with van der Waals surface area (Å²) in [6.07, 6.45) is 5.27. The van der Waals surface area contributed by atoms with Crippen molar-refractivity contribution in [2.75, 3.05) is 39.8 Å². The Morgan fingerprint density at radius 2 is 2.00 bits per heavy atom. The molecule has 1 aliphatic carbocycles. The van der Waals surface area contributed by atoms with Crippen LogP contribution in [0.5, 0.6) is 0 Å².